The number of likely N-dealkylation sites (N-methyl/N-ethyl adjacent to an activating group) is 1. The molecule has 0 unspecified atom stereocenters. The molecule has 0 radical (unpaired) electrons. The van der Waals surface area contributed by atoms with Crippen LogP contribution >= 0.6 is 0 Å². The Morgan fingerprint density at radius 3 is 2.71 bits per heavy atom. The zero-order valence-electron chi connectivity index (χ0n) is 9.59. The third-order valence-corrected chi connectivity index (χ3v) is 2.43. The molecule has 0 amide bonds. The Kier molecular flexibility index (Phi) is 4.68. The molecule has 0 spiro atoms. The molecule has 1 rings (SSSR count). The molecule has 0 atom stereocenters. The quantitative estimate of drug-likeness (QED) is 0.619. The second kappa shape index (κ2) is 5.82. The first-order valence-corrected chi connectivity index (χ1v) is 5.40. The van der Waals surface area contributed by atoms with Crippen molar-refractivity contribution in [3.05, 3.63) is 35.5 Å². The molecule has 1 aliphatic rings. The van der Waals surface area contributed by atoms with E-state index in [1.54, 1.807) is 0 Å². The lowest BCUT2D eigenvalue weighted by Gasteiger charge is -2.13. The fraction of sp³-hybridized carbons (Fsp3) is 0.538. The molecule has 0 aliphatic heterocycles. The summed E-state index contributed by atoms with van der Waals surface area (Å²) in [6, 6.07) is 0. The Hall–Kier alpha value is -0.820. The van der Waals surface area contributed by atoms with Crippen LogP contribution in [0.2, 0.25) is 0 Å². The molecule has 1 heteroatoms. The second-order valence-electron chi connectivity index (χ2n) is 4.07. The van der Waals surface area contributed by atoms with Gasteiger partial charge in [-0.3, -0.25) is 0 Å². The Labute approximate surface area is 87.8 Å². The first-order valence-electron chi connectivity index (χ1n) is 5.40. The van der Waals surface area contributed by atoms with Crippen LogP contribution in [-0.4, -0.2) is 25.5 Å². The highest BCUT2D eigenvalue weighted by Crippen LogP contribution is 2.13. The lowest BCUT2D eigenvalue weighted by atomic mass is 10.0. The van der Waals surface area contributed by atoms with Gasteiger partial charge in [-0.2, -0.15) is 0 Å². The highest BCUT2D eigenvalue weighted by atomic mass is 15.0. The van der Waals surface area contributed by atoms with Crippen molar-refractivity contribution in [3.63, 3.8) is 0 Å². The van der Waals surface area contributed by atoms with Gasteiger partial charge in [-0.25, -0.2) is 0 Å². The van der Waals surface area contributed by atoms with Gasteiger partial charge in [-0.1, -0.05) is 42.4 Å². The molecule has 0 bridgehead atoms. The van der Waals surface area contributed by atoms with Crippen LogP contribution in [0.3, 0.4) is 0 Å². The molecule has 1 nitrogen and oxygen atoms in total. The Morgan fingerprint density at radius 1 is 1.29 bits per heavy atom. The number of hydrogen-bond donors (Lipinski definition) is 0. The van der Waals surface area contributed by atoms with Gasteiger partial charge in [0, 0.05) is 6.54 Å². The predicted molar refractivity (Wildman–Crippen MR) is 63.4 cm³/mol. The smallest absolute Gasteiger partial charge is 0.0189 e. The summed E-state index contributed by atoms with van der Waals surface area (Å²) < 4.78 is 0. The molecule has 14 heavy (non-hydrogen) atoms. The van der Waals surface area contributed by atoms with E-state index in [0.29, 0.717) is 0 Å². The van der Waals surface area contributed by atoms with Gasteiger partial charge >= 0.3 is 0 Å². The van der Waals surface area contributed by atoms with E-state index in [-0.39, 0.29) is 0 Å². The molecular weight excluding hydrogens is 170 g/mol. The van der Waals surface area contributed by atoms with Crippen molar-refractivity contribution in [2.75, 3.05) is 20.6 Å². The monoisotopic (exact) mass is 191 g/mol. The summed E-state index contributed by atoms with van der Waals surface area (Å²) in [6.45, 7) is 3.29. The molecular formula is C13H21N. The SMILES string of the molecule is CCC1=C/C/C=C(/CN(C)C)C/C=C\1. The summed E-state index contributed by atoms with van der Waals surface area (Å²) in [4.78, 5) is 2.23. The largest absolute Gasteiger partial charge is 0.305 e. The second-order valence-corrected chi connectivity index (χ2v) is 4.07. The van der Waals surface area contributed by atoms with Gasteiger partial charge in [0.05, 0.1) is 0 Å². The van der Waals surface area contributed by atoms with Crippen LogP contribution in [0.5, 0.6) is 0 Å². The third kappa shape index (κ3) is 3.93. The summed E-state index contributed by atoms with van der Waals surface area (Å²) >= 11 is 0. The van der Waals surface area contributed by atoms with Crippen molar-refractivity contribution < 1.29 is 0 Å². The Balaban J connectivity index is 2.59. The summed E-state index contributed by atoms with van der Waals surface area (Å²) in [6.07, 6.45) is 12.6. The van der Waals surface area contributed by atoms with E-state index in [2.05, 4.69) is 50.2 Å². The number of nitrogens with zero attached hydrogens (tertiary/aromatic N) is 1. The lowest BCUT2D eigenvalue weighted by molar-refractivity contribution is 0.442. The van der Waals surface area contributed by atoms with Crippen LogP contribution in [0.4, 0.5) is 0 Å². The van der Waals surface area contributed by atoms with E-state index in [0.717, 1.165) is 25.8 Å². The fourth-order valence-electron chi connectivity index (χ4n) is 1.69. The fourth-order valence-corrected chi connectivity index (χ4v) is 1.69. The van der Waals surface area contributed by atoms with Gasteiger partial charge in [-0.15, -0.1) is 0 Å². The van der Waals surface area contributed by atoms with Gasteiger partial charge in [0.25, 0.3) is 0 Å². The lowest BCUT2D eigenvalue weighted by Crippen LogP contribution is -2.15. The highest BCUT2D eigenvalue weighted by molar-refractivity contribution is 5.24. The van der Waals surface area contributed by atoms with Gasteiger partial charge in [0.1, 0.15) is 0 Å². The van der Waals surface area contributed by atoms with Crippen molar-refractivity contribution in [2.24, 2.45) is 0 Å². The topological polar surface area (TPSA) is 3.24 Å². The summed E-state index contributed by atoms with van der Waals surface area (Å²) in [5, 5.41) is 0. The van der Waals surface area contributed by atoms with Crippen LogP contribution in [0.25, 0.3) is 0 Å². The summed E-state index contributed by atoms with van der Waals surface area (Å²) in [7, 11) is 4.24. The minimum Gasteiger partial charge on any atom is -0.305 e. The maximum absolute atomic E-state index is 2.36. The van der Waals surface area contributed by atoms with Crippen molar-refractivity contribution >= 4 is 0 Å². The Morgan fingerprint density at radius 2 is 2.07 bits per heavy atom. The summed E-state index contributed by atoms with van der Waals surface area (Å²) in [5.41, 5.74) is 2.99. The molecule has 0 heterocycles. The van der Waals surface area contributed by atoms with Crippen LogP contribution in [-0.2, 0) is 0 Å². The summed E-state index contributed by atoms with van der Waals surface area (Å²) in [5.74, 6) is 0. The molecule has 1 aliphatic carbocycles. The zero-order chi connectivity index (χ0) is 10.4. The van der Waals surface area contributed by atoms with Crippen LogP contribution in [0, 0.1) is 0 Å². The van der Waals surface area contributed by atoms with Crippen molar-refractivity contribution in [2.45, 2.75) is 26.2 Å². The van der Waals surface area contributed by atoms with E-state index in [4.69, 9.17) is 0 Å². The number of allylic oxidation sites excluding steroid dienone is 5. The van der Waals surface area contributed by atoms with Crippen molar-refractivity contribution in [1.29, 1.82) is 0 Å². The van der Waals surface area contributed by atoms with E-state index < -0.39 is 0 Å². The van der Waals surface area contributed by atoms with Gasteiger partial charge in [-0.05, 0) is 33.4 Å². The van der Waals surface area contributed by atoms with Gasteiger partial charge in [0.15, 0.2) is 0 Å². The molecule has 0 saturated heterocycles. The molecule has 0 saturated carbocycles. The zero-order valence-corrected chi connectivity index (χ0v) is 9.59. The average Bonchev–Trinajstić information content (AvgIpc) is 2.08. The maximum Gasteiger partial charge on any atom is 0.0189 e. The first kappa shape index (κ1) is 11.3. The van der Waals surface area contributed by atoms with Crippen molar-refractivity contribution in [3.8, 4) is 0 Å². The van der Waals surface area contributed by atoms with E-state index >= 15 is 0 Å². The average molecular weight is 191 g/mol. The van der Waals surface area contributed by atoms with Gasteiger partial charge in [0.2, 0.25) is 0 Å². The van der Waals surface area contributed by atoms with E-state index in [1.807, 2.05) is 0 Å². The minimum atomic E-state index is 1.08. The van der Waals surface area contributed by atoms with Crippen LogP contribution in [0.15, 0.2) is 35.5 Å². The molecule has 78 valence electrons. The van der Waals surface area contributed by atoms with Crippen LogP contribution in [0.1, 0.15) is 26.2 Å². The first-order chi connectivity index (χ1) is 6.72. The molecule has 0 aromatic carbocycles. The normalized spacial score (nSPS) is 27.1. The number of rotatable bonds is 3. The van der Waals surface area contributed by atoms with Crippen LogP contribution < -0.4 is 0 Å². The molecule has 0 aromatic heterocycles. The minimum absolute atomic E-state index is 1.08. The maximum atomic E-state index is 2.36. The number of hydrogen-bond acceptors (Lipinski definition) is 1. The Bertz CT molecular complexity index is 256. The molecule has 0 fully saturated rings. The predicted octanol–water partition coefficient (Wildman–Crippen LogP) is 3.16. The molecule has 0 aromatic rings. The van der Waals surface area contributed by atoms with E-state index in [1.165, 1.54) is 11.1 Å². The molecule has 0 N–H and O–H groups in total. The van der Waals surface area contributed by atoms with Crippen molar-refractivity contribution in [1.82, 2.24) is 4.90 Å². The standard InChI is InChI=1S/C13H21N/c1-4-12-7-5-9-13(10-6-8-12)11-14(2)3/h5,7-8,10H,4,6,9,11H2,1-3H3/b7-5-,12-8-,13-10+. The third-order valence-electron chi connectivity index (χ3n) is 2.43. The highest BCUT2D eigenvalue weighted by Gasteiger charge is 1.99. The van der Waals surface area contributed by atoms with Gasteiger partial charge < -0.3 is 4.90 Å². The van der Waals surface area contributed by atoms with E-state index in [9.17, 15) is 0 Å².